The molecule has 0 saturated heterocycles. The number of aryl methyl sites for hydroxylation is 1. The van der Waals surface area contributed by atoms with E-state index in [1.165, 1.54) is 24.4 Å². The van der Waals surface area contributed by atoms with Gasteiger partial charge in [-0.15, -0.1) is 0 Å². The van der Waals surface area contributed by atoms with E-state index in [-0.39, 0.29) is 5.57 Å². The quantitative estimate of drug-likeness (QED) is 0.442. The Morgan fingerprint density at radius 2 is 2.00 bits per heavy atom. The summed E-state index contributed by atoms with van der Waals surface area (Å²) in [6, 6.07) is 15.0. The first-order valence-corrected chi connectivity index (χ1v) is 8.45. The van der Waals surface area contributed by atoms with Crippen LogP contribution >= 0.6 is 11.6 Å². The van der Waals surface area contributed by atoms with Gasteiger partial charge in [-0.2, -0.15) is 5.26 Å². The Labute approximate surface area is 158 Å². The number of benzene rings is 2. The predicted octanol–water partition coefficient (Wildman–Crippen LogP) is 3.84. The number of halogens is 1. The van der Waals surface area contributed by atoms with Crippen LogP contribution in [0.3, 0.4) is 0 Å². The lowest BCUT2D eigenvalue weighted by atomic mass is 10.1. The number of amides is 1. The zero-order valence-electron chi connectivity index (χ0n) is 14.7. The lowest BCUT2D eigenvalue weighted by Gasteiger charge is -2.10. The SMILES string of the molecule is COc1ccc(Cl)cc1NC(=O)/C(C#N)=C\NCCc1ccc(C)cc1. The first kappa shape index (κ1) is 19.4. The molecule has 5 nitrogen and oxygen atoms in total. The molecule has 2 aromatic rings. The van der Waals surface area contributed by atoms with Crippen molar-refractivity contribution in [3.05, 3.63) is 70.4 Å². The highest BCUT2D eigenvalue weighted by Crippen LogP contribution is 2.27. The molecule has 134 valence electrons. The monoisotopic (exact) mass is 369 g/mol. The molecule has 2 rings (SSSR count). The van der Waals surface area contributed by atoms with Crippen LogP contribution < -0.4 is 15.4 Å². The van der Waals surface area contributed by atoms with Crippen LogP contribution in [0, 0.1) is 18.3 Å². The summed E-state index contributed by atoms with van der Waals surface area (Å²) in [5, 5.41) is 15.3. The number of nitrogens with one attached hydrogen (secondary N) is 2. The number of ether oxygens (including phenoxy) is 1. The van der Waals surface area contributed by atoms with Gasteiger partial charge < -0.3 is 15.4 Å². The minimum atomic E-state index is -0.532. The van der Waals surface area contributed by atoms with Crippen molar-refractivity contribution in [1.82, 2.24) is 5.32 Å². The van der Waals surface area contributed by atoms with E-state index in [2.05, 4.69) is 34.9 Å². The van der Waals surface area contributed by atoms with Crippen LogP contribution in [0.5, 0.6) is 5.75 Å². The Balaban J connectivity index is 1.95. The van der Waals surface area contributed by atoms with Gasteiger partial charge in [0.15, 0.2) is 0 Å². The molecule has 2 aromatic carbocycles. The lowest BCUT2D eigenvalue weighted by molar-refractivity contribution is -0.112. The van der Waals surface area contributed by atoms with Gasteiger partial charge in [-0.1, -0.05) is 41.4 Å². The van der Waals surface area contributed by atoms with Crippen molar-refractivity contribution >= 4 is 23.2 Å². The topological polar surface area (TPSA) is 74.1 Å². The molecule has 0 unspecified atom stereocenters. The van der Waals surface area contributed by atoms with Crippen molar-refractivity contribution in [3.63, 3.8) is 0 Å². The number of methoxy groups -OCH3 is 1. The van der Waals surface area contributed by atoms with Gasteiger partial charge in [0.05, 0.1) is 12.8 Å². The minimum Gasteiger partial charge on any atom is -0.495 e. The fourth-order valence-corrected chi connectivity index (χ4v) is 2.43. The third-order valence-corrected chi connectivity index (χ3v) is 3.93. The first-order valence-electron chi connectivity index (χ1n) is 8.07. The van der Waals surface area contributed by atoms with Gasteiger partial charge in [0.1, 0.15) is 17.4 Å². The molecule has 0 saturated carbocycles. The van der Waals surface area contributed by atoms with Crippen molar-refractivity contribution in [2.75, 3.05) is 19.0 Å². The second kappa shape index (κ2) is 9.50. The Bertz CT molecular complexity index is 839. The fourth-order valence-electron chi connectivity index (χ4n) is 2.26. The van der Waals surface area contributed by atoms with Gasteiger partial charge in [0, 0.05) is 17.8 Å². The minimum absolute atomic E-state index is 0.0315. The number of nitriles is 1. The highest BCUT2D eigenvalue weighted by atomic mass is 35.5. The Kier molecular flexibility index (Phi) is 7.07. The molecule has 0 aliphatic carbocycles. The van der Waals surface area contributed by atoms with Crippen LogP contribution in [0.1, 0.15) is 11.1 Å². The zero-order valence-corrected chi connectivity index (χ0v) is 15.4. The van der Waals surface area contributed by atoms with Crippen LogP contribution in [-0.4, -0.2) is 19.6 Å². The molecule has 0 radical (unpaired) electrons. The zero-order chi connectivity index (χ0) is 18.9. The summed E-state index contributed by atoms with van der Waals surface area (Å²) in [6.07, 6.45) is 2.21. The van der Waals surface area contributed by atoms with E-state index in [1.807, 2.05) is 13.0 Å². The molecule has 0 spiro atoms. The molecular weight excluding hydrogens is 350 g/mol. The van der Waals surface area contributed by atoms with E-state index in [1.54, 1.807) is 18.2 Å². The van der Waals surface area contributed by atoms with Crippen molar-refractivity contribution in [1.29, 1.82) is 5.26 Å². The van der Waals surface area contributed by atoms with Crippen LogP contribution in [0.4, 0.5) is 5.69 Å². The molecule has 0 aliphatic heterocycles. The third-order valence-electron chi connectivity index (χ3n) is 3.70. The molecule has 0 aliphatic rings. The first-order chi connectivity index (χ1) is 12.5. The molecule has 26 heavy (non-hydrogen) atoms. The summed E-state index contributed by atoms with van der Waals surface area (Å²) in [6.45, 7) is 2.65. The normalized spacial score (nSPS) is 10.8. The summed E-state index contributed by atoms with van der Waals surface area (Å²) in [5.74, 6) is -0.0664. The van der Waals surface area contributed by atoms with Crippen LogP contribution in [0.25, 0.3) is 0 Å². The average molecular weight is 370 g/mol. The number of anilines is 1. The summed E-state index contributed by atoms with van der Waals surface area (Å²) < 4.78 is 5.18. The summed E-state index contributed by atoms with van der Waals surface area (Å²) >= 11 is 5.94. The Morgan fingerprint density at radius 1 is 1.27 bits per heavy atom. The predicted molar refractivity (Wildman–Crippen MR) is 103 cm³/mol. The molecular formula is C20H20ClN3O2. The lowest BCUT2D eigenvalue weighted by Crippen LogP contribution is -2.18. The highest BCUT2D eigenvalue weighted by molar-refractivity contribution is 6.31. The van der Waals surface area contributed by atoms with Gasteiger partial charge >= 0.3 is 0 Å². The maximum atomic E-state index is 12.3. The van der Waals surface area contributed by atoms with Crippen molar-refractivity contribution in [2.24, 2.45) is 0 Å². The van der Waals surface area contributed by atoms with Gasteiger partial charge in [-0.25, -0.2) is 0 Å². The van der Waals surface area contributed by atoms with Crippen LogP contribution in [0.2, 0.25) is 5.02 Å². The number of carbonyl (C=O) groups is 1. The molecule has 6 heteroatoms. The van der Waals surface area contributed by atoms with E-state index in [0.29, 0.717) is 23.0 Å². The second-order valence-corrected chi connectivity index (χ2v) is 6.09. The third kappa shape index (κ3) is 5.54. The van der Waals surface area contributed by atoms with Gasteiger partial charge in [-0.05, 0) is 37.1 Å². The molecule has 2 N–H and O–H groups in total. The van der Waals surface area contributed by atoms with Crippen molar-refractivity contribution < 1.29 is 9.53 Å². The van der Waals surface area contributed by atoms with Gasteiger partial charge in [0.2, 0.25) is 0 Å². The maximum absolute atomic E-state index is 12.3. The number of carbonyl (C=O) groups excluding carboxylic acids is 1. The molecule has 0 heterocycles. The van der Waals surface area contributed by atoms with Gasteiger partial charge in [0.25, 0.3) is 5.91 Å². The number of rotatable bonds is 7. The molecule has 0 aromatic heterocycles. The summed E-state index contributed by atoms with van der Waals surface area (Å²) in [7, 11) is 1.49. The van der Waals surface area contributed by atoms with Crippen molar-refractivity contribution in [3.8, 4) is 11.8 Å². The average Bonchev–Trinajstić information content (AvgIpc) is 2.63. The van der Waals surface area contributed by atoms with Crippen LogP contribution in [-0.2, 0) is 11.2 Å². The van der Waals surface area contributed by atoms with E-state index in [9.17, 15) is 10.1 Å². The number of hydrogen-bond acceptors (Lipinski definition) is 4. The van der Waals surface area contributed by atoms with Crippen molar-refractivity contribution in [2.45, 2.75) is 13.3 Å². The van der Waals surface area contributed by atoms with E-state index in [4.69, 9.17) is 16.3 Å². The summed E-state index contributed by atoms with van der Waals surface area (Å²) in [5.41, 5.74) is 2.77. The Morgan fingerprint density at radius 3 is 2.65 bits per heavy atom. The molecule has 0 bridgehead atoms. The van der Waals surface area contributed by atoms with E-state index in [0.717, 1.165) is 6.42 Å². The number of hydrogen-bond donors (Lipinski definition) is 2. The number of nitrogens with zero attached hydrogens (tertiary/aromatic N) is 1. The molecule has 1 amide bonds. The van der Waals surface area contributed by atoms with E-state index < -0.39 is 5.91 Å². The maximum Gasteiger partial charge on any atom is 0.267 e. The van der Waals surface area contributed by atoms with Crippen LogP contribution in [0.15, 0.2) is 54.2 Å². The standard InChI is InChI=1S/C20H20ClN3O2/c1-14-3-5-15(6-4-14)9-10-23-13-16(12-22)20(25)24-18-11-17(21)7-8-19(18)26-2/h3-8,11,13,23H,9-10H2,1-2H3,(H,24,25)/b16-13-. The highest BCUT2D eigenvalue weighted by Gasteiger charge is 2.12. The second-order valence-electron chi connectivity index (χ2n) is 5.66. The largest absolute Gasteiger partial charge is 0.495 e. The smallest absolute Gasteiger partial charge is 0.267 e. The van der Waals surface area contributed by atoms with E-state index >= 15 is 0 Å². The summed E-state index contributed by atoms with van der Waals surface area (Å²) in [4.78, 5) is 12.3. The van der Waals surface area contributed by atoms with Gasteiger partial charge in [-0.3, -0.25) is 4.79 Å². The molecule has 0 fully saturated rings. The fraction of sp³-hybridized carbons (Fsp3) is 0.200. The molecule has 0 atom stereocenters. The Hall–Kier alpha value is -2.97.